The molecule has 3 aromatic rings. The maximum Gasteiger partial charge on any atom is 0.0648 e. The largest absolute Gasteiger partial charge is 0.341 e. The highest BCUT2D eigenvalue weighted by atomic mass is 35.5. The van der Waals surface area contributed by atoms with E-state index < -0.39 is 0 Å². The third kappa shape index (κ3) is 2.35. The van der Waals surface area contributed by atoms with Crippen LogP contribution in [0.5, 0.6) is 0 Å². The summed E-state index contributed by atoms with van der Waals surface area (Å²) in [5.74, 6) is 0. The highest BCUT2D eigenvalue weighted by Crippen LogP contribution is 2.25. The standard InChI is InChI=1S/C15H14ClN3/c16-12-4-5-14-11(8-17)9-19(15(14)7-12)10-13-3-1-2-6-18-13/h1-7,9H,8,10,17H2. The third-order valence-electron chi connectivity index (χ3n) is 3.21. The first kappa shape index (κ1) is 12.2. The summed E-state index contributed by atoms with van der Waals surface area (Å²) in [5, 5.41) is 1.89. The number of halogens is 1. The molecule has 0 saturated heterocycles. The Bertz CT molecular complexity index is 704. The molecule has 3 nitrogen and oxygen atoms in total. The van der Waals surface area contributed by atoms with Crippen LogP contribution in [0.3, 0.4) is 0 Å². The van der Waals surface area contributed by atoms with Gasteiger partial charge in [-0.2, -0.15) is 0 Å². The number of rotatable bonds is 3. The quantitative estimate of drug-likeness (QED) is 0.795. The minimum absolute atomic E-state index is 0.521. The lowest BCUT2D eigenvalue weighted by atomic mass is 10.2. The van der Waals surface area contributed by atoms with Gasteiger partial charge in [-0.15, -0.1) is 0 Å². The van der Waals surface area contributed by atoms with Gasteiger partial charge in [0, 0.05) is 29.3 Å². The first-order valence-electron chi connectivity index (χ1n) is 6.15. The number of nitrogens with zero attached hydrogens (tertiary/aromatic N) is 2. The molecule has 0 aliphatic heterocycles. The zero-order chi connectivity index (χ0) is 13.2. The van der Waals surface area contributed by atoms with E-state index in [-0.39, 0.29) is 0 Å². The molecule has 1 aromatic carbocycles. The molecule has 3 rings (SSSR count). The van der Waals surface area contributed by atoms with Gasteiger partial charge in [-0.25, -0.2) is 0 Å². The third-order valence-corrected chi connectivity index (χ3v) is 3.44. The number of nitrogens with two attached hydrogens (primary N) is 1. The summed E-state index contributed by atoms with van der Waals surface area (Å²) in [6.45, 7) is 1.24. The molecule has 0 aliphatic rings. The van der Waals surface area contributed by atoms with Crippen molar-refractivity contribution in [2.45, 2.75) is 13.1 Å². The fourth-order valence-corrected chi connectivity index (χ4v) is 2.47. The predicted octanol–water partition coefficient (Wildman–Crippen LogP) is 3.20. The zero-order valence-electron chi connectivity index (χ0n) is 10.4. The SMILES string of the molecule is NCc1cn(Cc2ccccn2)c2cc(Cl)ccc12. The minimum Gasteiger partial charge on any atom is -0.341 e. The normalized spacial score (nSPS) is 11.1. The van der Waals surface area contributed by atoms with Gasteiger partial charge in [-0.1, -0.05) is 23.7 Å². The summed E-state index contributed by atoms with van der Waals surface area (Å²) in [7, 11) is 0. The van der Waals surface area contributed by atoms with Crippen LogP contribution in [0, 0.1) is 0 Å². The molecule has 0 saturated carbocycles. The molecule has 96 valence electrons. The summed E-state index contributed by atoms with van der Waals surface area (Å²) in [6, 6.07) is 11.8. The second-order valence-corrected chi connectivity index (χ2v) is 4.91. The van der Waals surface area contributed by atoms with Gasteiger partial charge in [0.25, 0.3) is 0 Å². The van der Waals surface area contributed by atoms with E-state index in [4.69, 9.17) is 17.3 Å². The van der Waals surface area contributed by atoms with Gasteiger partial charge >= 0.3 is 0 Å². The predicted molar refractivity (Wildman–Crippen MR) is 78.2 cm³/mol. The highest BCUT2D eigenvalue weighted by molar-refractivity contribution is 6.31. The van der Waals surface area contributed by atoms with Crippen LogP contribution < -0.4 is 5.73 Å². The molecule has 0 aliphatic carbocycles. The molecule has 0 spiro atoms. The van der Waals surface area contributed by atoms with E-state index in [0.717, 1.165) is 33.7 Å². The number of benzene rings is 1. The van der Waals surface area contributed by atoms with Gasteiger partial charge in [0.2, 0.25) is 0 Å². The van der Waals surface area contributed by atoms with Crippen molar-refractivity contribution in [3.63, 3.8) is 0 Å². The number of hydrogen-bond acceptors (Lipinski definition) is 2. The first-order chi connectivity index (χ1) is 9.28. The van der Waals surface area contributed by atoms with Gasteiger partial charge in [0.15, 0.2) is 0 Å². The highest BCUT2D eigenvalue weighted by Gasteiger charge is 2.08. The van der Waals surface area contributed by atoms with Crippen molar-refractivity contribution < 1.29 is 0 Å². The topological polar surface area (TPSA) is 43.8 Å². The molecule has 0 radical (unpaired) electrons. The number of fused-ring (bicyclic) bond motifs is 1. The first-order valence-corrected chi connectivity index (χ1v) is 6.53. The van der Waals surface area contributed by atoms with Gasteiger partial charge < -0.3 is 10.3 Å². The van der Waals surface area contributed by atoms with Crippen LogP contribution in [0.1, 0.15) is 11.3 Å². The fourth-order valence-electron chi connectivity index (χ4n) is 2.30. The van der Waals surface area contributed by atoms with Crippen LogP contribution in [0.25, 0.3) is 10.9 Å². The lowest BCUT2D eigenvalue weighted by Crippen LogP contribution is -2.00. The van der Waals surface area contributed by atoms with Gasteiger partial charge in [-0.05, 0) is 29.8 Å². The average molecular weight is 272 g/mol. The number of hydrogen-bond donors (Lipinski definition) is 1. The molecular formula is C15H14ClN3. The monoisotopic (exact) mass is 271 g/mol. The Hall–Kier alpha value is -1.84. The zero-order valence-corrected chi connectivity index (χ0v) is 11.1. The van der Waals surface area contributed by atoms with Crippen molar-refractivity contribution in [2.24, 2.45) is 5.73 Å². The average Bonchev–Trinajstić information content (AvgIpc) is 2.77. The van der Waals surface area contributed by atoms with Crippen LogP contribution in [0.15, 0.2) is 48.8 Å². The van der Waals surface area contributed by atoms with Gasteiger partial charge in [0.05, 0.1) is 17.8 Å². The molecule has 2 heterocycles. The molecular weight excluding hydrogens is 258 g/mol. The Morgan fingerprint density at radius 2 is 2.11 bits per heavy atom. The van der Waals surface area contributed by atoms with Crippen molar-refractivity contribution in [3.8, 4) is 0 Å². The fraction of sp³-hybridized carbons (Fsp3) is 0.133. The van der Waals surface area contributed by atoms with Crippen LogP contribution in [0.4, 0.5) is 0 Å². The number of aromatic nitrogens is 2. The number of pyridine rings is 1. The molecule has 2 aromatic heterocycles. The van der Waals surface area contributed by atoms with E-state index in [1.165, 1.54) is 0 Å². The van der Waals surface area contributed by atoms with Crippen LogP contribution in [0.2, 0.25) is 5.02 Å². The Balaban J connectivity index is 2.10. The Morgan fingerprint density at radius 3 is 2.84 bits per heavy atom. The lowest BCUT2D eigenvalue weighted by Gasteiger charge is -2.04. The molecule has 0 unspecified atom stereocenters. The second kappa shape index (κ2) is 5.03. The summed E-state index contributed by atoms with van der Waals surface area (Å²) >= 11 is 6.09. The van der Waals surface area contributed by atoms with Crippen molar-refractivity contribution in [1.29, 1.82) is 0 Å². The maximum atomic E-state index is 6.09. The van der Waals surface area contributed by atoms with E-state index >= 15 is 0 Å². The Labute approximate surface area is 116 Å². The van der Waals surface area contributed by atoms with Crippen molar-refractivity contribution >= 4 is 22.5 Å². The Morgan fingerprint density at radius 1 is 1.21 bits per heavy atom. The summed E-state index contributed by atoms with van der Waals surface area (Å²) in [6.07, 6.45) is 3.88. The van der Waals surface area contributed by atoms with E-state index in [1.807, 2.05) is 36.4 Å². The van der Waals surface area contributed by atoms with Crippen molar-refractivity contribution in [1.82, 2.24) is 9.55 Å². The summed E-state index contributed by atoms with van der Waals surface area (Å²) in [4.78, 5) is 4.35. The lowest BCUT2D eigenvalue weighted by molar-refractivity contribution is 0.802. The smallest absolute Gasteiger partial charge is 0.0648 e. The minimum atomic E-state index is 0.521. The molecule has 2 N–H and O–H groups in total. The van der Waals surface area contributed by atoms with E-state index in [2.05, 4.69) is 15.7 Å². The van der Waals surface area contributed by atoms with Crippen molar-refractivity contribution in [3.05, 3.63) is 65.1 Å². The molecule has 4 heteroatoms. The Kier molecular flexibility index (Phi) is 3.23. The van der Waals surface area contributed by atoms with Gasteiger partial charge in [0.1, 0.15) is 0 Å². The molecule has 0 fully saturated rings. The van der Waals surface area contributed by atoms with Crippen molar-refractivity contribution in [2.75, 3.05) is 0 Å². The van der Waals surface area contributed by atoms with E-state index in [1.54, 1.807) is 6.20 Å². The summed E-state index contributed by atoms with van der Waals surface area (Å²) < 4.78 is 2.14. The van der Waals surface area contributed by atoms with Crippen LogP contribution in [-0.4, -0.2) is 9.55 Å². The maximum absolute atomic E-state index is 6.09. The van der Waals surface area contributed by atoms with Crippen LogP contribution in [-0.2, 0) is 13.1 Å². The van der Waals surface area contributed by atoms with E-state index in [0.29, 0.717) is 6.54 Å². The van der Waals surface area contributed by atoms with Gasteiger partial charge in [-0.3, -0.25) is 4.98 Å². The molecule has 0 bridgehead atoms. The molecule has 19 heavy (non-hydrogen) atoms. The molecule has 0 amide bonds. The van der Waals surface area contributed by atoms with Crippen LogP contribution >= 0.6 is 11.6 Å². The van der Waals surface area contributed by atoms with E-state index in [9.17, 15) is 0 Å². The second-order valence-electron chi connectivity index (χ2n) is 4.47. The summed E-state index contributed by atoms with van der Waals surface area (Å²) in [5.41, 5.74) is 9.04. The molecule has 0 atom stereocenters.